The highest BCUT2D eigenvalue weighted by Crippen LogP contribution is 2.26. The number of ether oxygens (including phenoxy) is 4. The van der Waals surface area contributed by atoms with Crippen LogP contribution in [-0.4, -0.2) is 112 Å². The molecule has 2 amide bonds. The summed E-state index contributed by atoms with van der Waals surface area (Å²) in [6.45, 7) is 11.0. The second-order valence-electron chi connectivity index (χ2n) is 12.8. The Balaban J connectivity index is 0.00000178. The predicted octanol–water partition coefficient (Wildman–Crippen LogP) is 6.49. The molecular formula is C43H63F3N6O8. The molecule has 0 unspecified atom stereocenters. The number of carbonyl (C=O) groups excluding carboxylic acids is 2. The van der Waals surface area contributed by atoms with Crippen LogP contribution in [-0.2, 0) is 25.4 Å². The number of halogens is 3. The Kier molecular flexibility index (Phi) is 29.1. The number of aryl methyl sites for hydroxylation is 1. The fraction of sp³-hybridized carbons (Fsp3) is 0.488. The largest absolute Gasteiger partial charge is 0.428 e. The van der Waals surface area contributed by atoms with Crippen LogP contribution in [0.2, 0.25) is 0 Å². The molecule has 0 fully saturated rings. The number of allylic oxidation sites excluding steroid dienone is 1. The molecule has 0 bridgehead atoms. The number of anilines is 2. The third-order valence-corrected chi connectivity index (χ3v) is 8.17. The number of hydrogen-bond acceptors (Lipinski definition) is 12. The van der Waals surface area contributed by atoms with E-state index in [2.05, 4.69) is 27.4 Å². The number of nitrogens with two attached hydrogens (primary N) is 1. The highest BCUT2D eigenvalue weighted by Gasteiger charge is 2.33. The van der Waals surface area contributed by atoms with Gasteiger partial charge in [-0.25, -0.2) is 0 Å². The molecule has 1 heterocycles. The van der Waals surface area contributed by atoms with Gasteiger partial charge in [-0.2, -0.15) is 13.2 Å². The van der Waals surface area contributed by atoms with Gasteiger partial charge in [-0.3, -0.25) is 14.6 Å². The van der Waals surface area contributed by atoms with Crippen molar-refractivity contribution < 1.29 is 51.9 Å². The number of nitrogens with one attached hydrogen (secondary N) is 3. The number of carbonyl (C=O) groups is 2. The SMILES string of the molecule is CCCOCCOCCOCCOCCCc1cccc(C(=O)Nc2ccc(N(CC)CCC)cc2C(=O)N/C(=C/N)CCC(=N)C(F)(F)F)c1.OCO.c1ccncc1. The van der Waals surface area contributed by atoms with Crippen LogP contribution in [0.5, 0.6) is 0 Å². The molecule has 0 aliphatic heterocycles. The van der Waals surface area contributed by atoms with Crippen LogP contribution in [0.25, 0.3) is 0 Å². The summed E-state index contributed by atoms with van der Waals surface area (Å²) < 4.78 is 60.5. The Labute approximate surface area is 351 Å². The Hall–Kier alpha value is -4.91. The first-order valence-corrected chi connectivity index (χ1v) is 20.0. The van der Waals surface area contributed by atoms with Gasteiger partial charge in [-0.05, 0) is 93.5 Å². The lowest BCUT2D eigenvalue weighted by atomic mass is 10.1. The van der Waals surface area contributed by atoms with E-state index in [0.717, 1.165) is 49.9 Å². The van der Waals surface area contributed by atoms with Gasteiger partial charge in [0.15, 0.2) is 0 Å². The first-order valence-electron chi connectivity index (χ1n) is 20.0. The van der Waals surface area contributed by atoms with E-state index in [1.807, 2.05) is 38.1 Å². The normalized spacial score (nSPS) is 11.1. The number of rotatable bonds is 26. The van der Waals surface area contributed by atoms with Crippen LogP contribution in [0.1, 0.15) is 79.2 Å². The summed E-state index contributed by atoms with van der Waals surface area (Å²) in [6.07, 6.45) is 2.06. The Bertz CT molecular complexity index is 1620. The van der Waals surface area contributed by atoms with Crippen molar-refractivity contribution in [1.29, 1.82) is 5.41 Å². The van der Waals surface area contributed by atoms with Crippen molar-refractivity contribution >= 4 is 28.9 Å². The average Bonchev–Trinajstić information content (AvgIpc) is 3.25. The summed E-state index contributed by atoms with van der Waals surface area (Å²) in [4.78, 5) is 32.8. The molecule has 0 saturated heterocycles. The van der Waals surface area contributed by atoms with Crippen molar-refractivity contribution in [1.82, 2.24) is 10.3 Å². The number of aliphatic hydroxyl groups is 2. The molecule has 0 atom stereocenters. The molecule has 1 aromatic heterocycles. The minimum Gasteiger partial charge on any atom is -0.403 e. The number of alkyl halides is 3. The third-order valence-electron chi connectivity index (χ3n) is 8.17. The van der Waals surface area contributed by atoms with Gasteiger partial charge in [0.1, 0.15) is 12.5 Å². The van der Waals surface area contributed by atoms with Crippen LogP contribution in [0, 0.1) is 5.41 Å². The van der Waals surface area contributed by atoms with Crippen molar-refractivity contribution in [2.75, 3.05) is 83.0 Å². The zero-order valence-corrected chi connectivity index (χ0v) is 35.0. The van der Waals surface area contributed by atoms with Gasteiger partial charge in [0.2, 0.25) is 0 Å². The summed E-state index contributed by atoms with van der Waals surface area (Å²) in [7, 11) is 0. The van der Waals surface area contributed by atoms with Crippen molar-refractivity contribution in [2.45, 2.75) is 65.5 Å². The molecule has 0 aliphatic rings. The molecule has 2 aromatic carbocycles. The van der Waals surface area contributed by atoms with Crippen LogP contribution in [0.4, 0.5) is 24.5 Å². The number of nitrogens with zero attached hydrogens (tertiary/aromatic N) is 2. The Morgan fingerprint density at radius 2 is 1.43 bits per heavy atom. The third kappa shape index (κ3) is 23.6. The molecule has 0 radical (unpaired) electrons. The molecule has 3 aromatic rings. The number of hydrogen-bond donors (Lipinski definition) is 6. The Morgan fingerprint density at radius 3 is 1.95 bits per heavy atom. The number of pyridine rings is 1. The van der Waals surface area contributed by atoms with E-state index in [1.165, 1.54) is 0 Å². The average molecular weight is 849 g/mol. The maximum Gasteiger partial charge on any atom is 0.428 e. The van der Waals surface area contributed by atoms with Gasteiger partial charge < -0.3 is 55.8 Å². The lowest BCUT2D eigenvalue weighted by Gasteiger charge is -2.24. The first-order chi connectivity index (χ1) is 28.9. The Morgan fingerprint density at radius 1 is 0.817 bits per heavy atom. The van der Waals surface area contributed by atoms with Gasteiger partial charge in [-0.1, -0.05) is 32.0 Å². The van der Waals surface area contributed by atoms with Crippen LogP contribution in [0.15, 0.2) is 85.0 Å². The second-order valence-corrected chi connectivity index (χ2v) is 12.8. The van der Waals surface area contributed by atoms with Crippen molar-refractivity contribution in [3.63, 3.8) is 0 Å². The first kappa shape index (κ1) is 53.1. The van der Waals surface area contributed by atoms with Gasteiger partial charge >= 0.3 is 6.18 Å². The monoisotopic (exact) mass is 848 g/mol. The highest BCUT2D eigenvalue weighted by molar-refractivity contribution is 6.09. The summed E-state index contributed by atoms with van der Waals surface area (Å²) >= 11 is 0. The maximum atomic E-state index is 13.5. The number of aliphatic hydroxyl groups excluding tert-OH is 1. The molecular weight excluding hydrogens is 786 g/mol. The van der Waals surface area contributed by atoms with Crippen LogP contribution >= 0.6 is 0 Å². The molecule has 7 N–H and O–H groups in total. The summed E-state index contributed by atoms with van der Waals surface area (Å²) in [6, 6.07) is 18.0. The van der Waals surface area contributed by atoms with Crippen molar-refractivity contribution in [3.8, 4) is 0 Å². The minimum atomic E-state index is -4.77. The number of benzene rings is 2. The van der Waals surface area contributed by atoms with Crippen molar-refractivity contribution in [2.24, 2.45) is 5.73 Å². The molecule has 0 spiro atoms. The zero-order chi connectivity index (χ0) is 44.4. The van der Waals surface area contributed by atoms with E-state index in [-0.39, 0.29) is 23.4 Å². The molecule has 334 valence electrons. The predicted molar refractivity (Wildman–Crippen MR) is 227 cm³/mol. The smallest absolute Gasteiger partial charge is 0.403 e. The van der Waals surface area contributed by atoms with Crippen LogP contribution in [0.3, 0.4) is 0 Å². The van der Waals surface area contributed by atoms with Gasteiger partial charge in [0, 0.05) is 61.8 Å². The molecule has 60 heavy (non-hydrogen) atoms. The standard InChI is InChI=1S/C37H54F3N5O6.C5H5N.CH4O2/c1-4-16-45(6-3)31-13-14-33(32(26-31)36(47)43-30(27-41)12-15-34(42)37(38,39)40)44-35(46)29-11-7-9-28(25-29)10-8-18-49-20-22-51-24-23-50-21-19-48-17-5-2;1-2-4-6-5-3-1;2-1-3/h7,9,11,13-14,25-27,42H,4-6,8,10,12,15-24,41H2,1-3H3,(H,43,47)(H,44,46);1-5H;2-3H,1H2/b30-27+,42-34?;;. The van der Waals surface area contributed by atoms with Crippen LogP contribution < -0.4 is 21.3 Å². The second kappa shape index (κ2) is 32.9. The molecule has 14 nitrogen and oxygen atoms in total. The van der Waals surface area contributed by atoms with E-state index >= 15 is 0 Å². The van der Waals surface area contributed by atoms with E-state index in [4.69, 9.17) is 40.3 Å². The number of amides is 2. The zero-order valence-electron chi connectivity index (χ0n) is 35.0. The van der Waals surface area contributed by atoms with E-state index in [0.29, 0.717) is 64.8 Å². The molecule has 0 aliphatic carbocycles. The quantitative estimate of drug-likeness (QED) is 0.0293. The van der Waals surface area contributed by atoms with Crippen molar-refractivity contribution in [3.05, 3.63) is 102 Å². The van der Waals surface area contributed by atoms with E-state index < -0.39 is 36.9 Å². The minimum absolute atomic E-state index is 0.0239. The lowest BCUT2D eigenvalue weighted by Crippen LogP contribution is -2.28. The highest BCUT2D eigenvalue weighted by atomic mass is 19.4. The molecule has 3 rings (SSSR count). The topological polar surface area (TPSA) is 202 Å². The fourth-order valence-electron chi connectivity index (χ4n) is 5.23. The molecule has 0 saturated carbocycles. The fourth-order valence-corrected chi connectivity index (χ4v) is 5.23. The summed E-state index contributed by atoms with van der Waals surface area (Å²) in [5.41, 5.74) is 6.63. The summed E-state index contributed by atoms with van der Waals surface area (Å²) in [5.74, 6) is -1.09. The van der Waals surface area contributed by atoms with Gasteiger partial charge in [-0.15, -0.1) is 0 Å². The summed E-state index contributed by atoms with van der Waals surface area (Å²) in [5, 5.41) is 26.9. The van der Waals surface area contributed by atoms with E-state index in [9.17, 15) is 22.8 Å². The molecule has 17 heteroatoms. The maximum absolute atomic E-state index is 13.5. The van der Waals surface area contributed by atoms with Gasteiger partial charge in [0.05, 0.1) is 50.9 Å². The lowest BCUT2D eigenvalue weighted by molar-refractivity contribution is -0.0612. The van der Waals surface area contributed by atoms with Gasteiger partial charge in [0.25, 0.3) is 11.8 Å². The number of aromatic nitrogens is 1. The van der Waals surface area contributed by atoms with E-state index in [1.54, 1.807) is 48.8 Å².